The summed E-state index contributed by atoms with van der Waals surface area (Å²) in [6.45, 7) is 1.45. The highest BCUT2D eigenvalue weighted by Crippen LogP contribution is 2.36. The van der Waals surface area contributed by atoms with Gasteiger partial charge in [0.05, 0.1) is 5.39 Å². The summed E-state index contributed by atoms with van der Waals surface area (Å²) in [6, 6.07) is 22.4. The van der Waals surface area contributed by atoms with Gasteiger partial charge in [0, 0.05) is 41.9 Å². The van der Waals surface area contributed by atoms with Crippen LogP contribution in [0, 0.1) is 5.82 Å². The monoisotopic (exact) mass is 574 g/mol. The van der Waals surface area contributed by atoms with Crippen molar-refractivity contribution in [2.24, 2.45) is 0 Å². The summed E-state index contributed by atoms with van der Waals surface area (Å²) in [7, 11) is 0. The Kier molecular flexibility index (Phi) is 7.19. The number of fused-ring (bicyclic) bond motifs is 1. The predicted octanol–water partition coefficient (Wildman–Crippen LogP) is 5.92. The molecule has 0 aliphatic carbocycles. The van der Waals surface area contributed by atoms with E-state index < -0.39 is 17.3 Å². The molecule has 0 aliphatic heterocycles. The number of aromatic nitrogens is 4. The number of benzene rings is 3. The largest absolute Gasteiger partial charge is 0.438 e. The Labute approximate surface area is 243 Å². The first-order valence-electron chi connectivity index (χ1n) is 13.1. The second-order valence-corrected chi connectivity index (χ2v) is 9.52. The van der Waals surface area contributed by atoms with Crippen molar-refractivity contribution >= 4 is 34.2 Å². The molecule has 2 amide bonds. The molecule has 10 nitrogen and oxygen atoms in total. The summed E-state index contributed by atoms with van der Waals surface area (Å²) in [5, 5.41) is 6.16. The van der Waals surface area contributed by atoms with E-state index in [1.165, 1.54) is 54.3 Å². The lowest BCUT2D eigenvalue weighted by molar-refractivity contribution is -0.114. The van der Waals surface area contributed by atoms with Crippen LogP contribution in [0.1, 0.15) is 17.3 Å². The minimum Gasteiger partial charge on any atom is -0.438 e. The molecule has 0 bridgehead atoms. The molecule has 6 aromatic rings. The summed E-state index contributed by atoms with van der Waals surface area (Å²) in [5.41, 5.74) is 3.11. The van der Waals surface area contributed by atoms with Crippen molar-refractivity contribution in [3.05, 3.63) is 125 Å². The number of amides is 2. The van der Waals surface area contributed by atoms with Crippen LogP contribution in [0.3, 0.4) is 0 Å². The van der Waals surface area contributed by atoms with E-state index in [1.807, 2.05) is 18.2 Å². The average Bonchev–Trinajstić information content (AvgIpc) is 3.44. The maximum atomic E-state index is 13.3. The van der Waals surface area contributed by atoms with Crippen molar-refractivity contribution in [1.82, 2.24) is 19.5 Å². The predicted molar refractivity (Wildman–Crippen MR) is 160 cm³/mol. The van der Waals surface area contributed by atoms with Crippen molar-refractivity contribution in [2.45, 2.75) is 6.92 Å². The number of H-pyrrole nitrogens is 1. The first kappa shape index (κ1) is 27.1. The summed E-state index contributed by atoms with van der Waals surface area (Å²) in [4.78, 5) is 49.2. The molecular weight excluding hydrogens is 551 g/mol. The zero-order valence-electron chi connectivity index (χ0n) is 22.7. The number of pyridine rings is 1. The van der Waals surface area contributed by atoms with Gasteiger partial charge >= 0.3 is 0 Å². The summed E-state index contributed by atoms with van der Waals surface area (Å²) >= 11 is 0. The molecule has 0 fully saturated rings. The lowest BCUT2D eigenvalue weighted by Crippen LogP contribution is -2.27. The number of anilines is 2. The molecule has 0 saturated carbocycles. The summed E-state index contributed by atoms with van der Waals surface area (Å²) in [5.74, 6) is -0.423. The molecule has 3 heterocycles. The van der Waals surface area contributed by atoms with E-state index in [4.69, 9.17) is 4.74 Å². The molecule has 212 valence electrons. The number of halogens is 1. The van der Waals surface area contributed by atoms with Gasteiger partial charge in [0.25, 0.3) is 11.5 Å². The van der Waals surface area contributed by atoms with Crippen LogP contribution < -0.4 is 20.9 Å². The summed E-state index contributed by atoms with van der Waals surface area (Å²) < 4.78 is 20.7. The molecular formula is C32H23FN6O4. The van der Waals surface area contributed by atoms with E-state index in [0.717, 1.165) is 11.1 Å². The smallest absolute Gasteiger partial charge is 0.267 e. The van der Waals surface area contributed by atoms with Crippen molar-refractivity contribution in [3.63, 3.8) is 0 Å². The Morgan fingerprint density at radius 3 is 2.47 bits per heavy atom. The number of ether oxygens (including phenoxy) is 1. The first-order valence-corrected chi connectivity index (χ1v) is 13.1. The van der Waals surface area contributed by atoms with Gasteiger partial charge in [0.1, 0.15) is 29.1 Å². The van der Waals surface area contributed by atoms with E-state index in [0.29, 0.717) is 39.7 Å². The van der Waals surface area contributed by atoms with Crippen LogP contribution in [0.25, 0.3) is 27.8 Å². The van der Waals surface area contributed by atoms with E-state index in [2.05, 4.69) is 25.6 Å². The molecule has 0 aliphatic rings. The number of nitrogens with zero attached hydrogens (tertiary/aromatic N) is 3. The fraction of sp³-hybridized carbons (Fsp3) is 0.0312. The third-order valence-electron chi connectivity index (χ3n) is 6.55. The zero-order chi connectivity index (χ0) is 29.9. The van der Waals surface area contributed by atoms with E-state index in [-0.39, 0.29) is 11.5 Å². The van der Waals surface area contributed by atoms with Crippen LogP contribution in [0.2, 0.25) is 0 Å². The molecule has 0 unspecified atom stereocenters. The van der Waals surface area contributed by atoms with Crippen LogP contribution >= 0.6 is 0 Å². The zero-order valence-corrected chi connectivity index (χ0v) is 22.7. The Morgan fingerprint density at radius 2 is 1.70 bits per heavy atom. The molecule has 0 radical (unpaired) electrons. The van der Waals surface area contributed by atoms with Crippen LogP contribution in [0.5, 0.6) is 11.6 Å². The Hall–Kier alpha value is -6.10. The van der Waals surface area contributed by atoms with Gasteiger partial charge in [0.15, 0.2) is 0 Å². The van der Waals surface area contributed by atoms with Crippen molar-refractivity contribution in [3.8, 4) is 28.4 Å². The molecule has 3 N–H and O–H groups in total. The van der Waals surface area contributed by atoms with Gasteiger partial charge in [-0.2, -0.15) is 0 Å². The average molecular weight is 575 g/mol. The molecule has 0 spiro atoms. The molecule has 11 heteroatoms. The SMILES string of the molecule is CC(=O)Nc1cccc(-c2c[nH]c3ncnc(Oc4ccc(NC(=O)c5cccn(-c6ccc(F)cc6)c5=O)cc4)c23)c1. The van der Waals surface area contributed by atoms with Gasteiger partial charge in [-0.1, -0.05) is 12.1 Å². The highest BCUT2D eigenvalue weighted by atomic mass is 19.1. The standard InChI is InChI=1S/C32H23FN6O4/c1-19(40)37-23-5-2-4-20(16-23)27-17-34-29-28(27)31(36-18-35-29)43-25-13-9-22(10-14-25)38-30(41)26-6-3-15-39(32(26)42)24-11-7-21(33)8-12-24/h2-18H,1H3,(H,37,40)(H,38,41)(H,34,35,36). The van der Waals surface area contributed by atoms with E-state index in [1.54, 1.807) is 42.6 Å². The number of hydrogen-bond acceptors (Lipinski definition) is 6. The second-order valence-electron chi connectivity index (χ2n) is 9.52. The maximum Gasteiger partial charge on any atom is 0.267 e. The number of nitrogens with one attached hydrogen (secondary N) is 3. The molecule has 0 saturated heterocycles. The minimum atomic E-state index is -0.592. The highest BCUT2D eigenvalue weighted by Gasteiger charge is 2.16. The molecule has 3 aromatic heterocycles. The van der Waals surface area contributed by atoms with Crippen LogP contribution in [0.4, 0.5) is 15.8 Å². The van der Waals surface area contributed by atoms with Gasteiger partial charge in [-0.15, -0.1) is 0 Å². The van der Waals surface area contributed by atoms with Crippen LogP contribution in [-0.2, 0) is 4.79 Å². The third kappa shape index (κ3) is 5.72. The van der Waals surface area contributed by atoms with Gasteiger partial charge in [-0.3, -0.25) is 19.0 Å². The van der Waals surface area contributed by atoms with Gasteiger partial charge in [0.2, 0.25) is 11.8 Å². The highest BCUT2D eigenvalue weighted by molar-refractivity contribution is 6.04. The number of hydrogen-bond donors (Lipinski definition) is 3. The van der Waals surface area contributed by atoms with Crippen molar-refractivity contribution < 1.29 is 18.7 Å². The fourth-order valence-corrected chi connectivity index (χ4v) is 4.60. The van der Waals surface area contributed by atoms with E-state index in [9.17, 15) is 18.8 Å². The van der Waals surface area contributed by atoms with Crippen LogP contribution in [-0.4, -0.2) is 31.3 Å². The molecule has 0 atom stereocenters. The lowest BCUT2D eigenvalue weighted by Gasteiger charge is -2.10. The van der Waals surface area contributed by atoms with E-state index >= 15 is 0 Å². The quantitative estimate of drug-likeness (QED) is 0.217. The number of carbonyl (C=O) groups excluding carboxylic acids is 2. The first-order chi connectivity index (χ1) is 20.9. The topological polar surface area (TPSA) is 131 Å². The lowest BCUT2D eigenvalue weighted by atomic mass is 10.1. The normalized spacial score (nSPS) is 10.8. The Bertz CT molecular complexity index is 2030. The summed E-state index contributed by atoms with van der Waals surface area (Å²) in [6.07, 6.45) is 4.70. The van der Waals surface area contributed by atoms with Crippen molar-refractivity contribution in [2.75, 3.05) is 10.6 Å². The fourth-order valence-electron chi connectivity index (χ4n) is 4.60. The Morgan fingerprint density at radius 1 is 0.907 bits per heavy atom. The molecule has 43 heavy (non-hydrogen) atoms. The number of rotatable bonds is 7. The van der Waals surface area contributed by atoms with Crippen molar-refractivity contribution in [1.29, 1.82) is 0 Å². The van der Waals surface area contributed by atoms with Crippen LogP contribution in [0.15, 0.2) is 108 Å². The maximum absolute atomic E-state index is 13.3. The number of aromatic amines is 1. The molecule has 6 rings (SSSR count). The Balaban J connectivity index is 1.22. The number of carbonyl (C=O) groups is 2. The minimum absolute atomic E-state index is 0.0712. The van der Waals surface area contributed by atoms with Gasteiger partial charge in [-0.25, -0.2) is 14.4 Å². The molecule has 3 aromatic carbocycles. The van der Waals surface area contributed by atoms with Gasteiger partial charge in [-0.05, 0) is 78.4 Å². The van der Waals surface area contributed by atoms with Gasteiger partial charge < -0.3 is 20.4 Å². The third-order valence-corrected chi connectivity index (χ3v) is 6.55. The second kappa shape index (κ2) is 11.4.